The van der Waals surface area contributed by atoms with Gasteiger partial charge in [-0.2, -0.15) is 0 Å². The molecule has 1 aliphatic heterocycles. The summed E-state index contributed by atoms with van der Waals surface area (Å²) in [6, 6.07) is 12.5. The Kier molecular flexibility index (Phi) is 4.12. The second kappa shape index (κ2) is 6.37. The first kappa shape index (κ1) is 18.7. The third-order valence-electron chi connectivity index (χ3n) is 6.50. The van der Waals surface area contributed by atoms with Crippen molar-refractivity contribution in [1.29, 1.82) is 0 Å². The Morgan fingerprint density at radius 2 is 1.83 bits per heavy atom. The van der Waals surface area contributed by atoms with Crippen LogP contribution in [0.2, 0.25) is 0 Å². The fourth-order valence-corrected chi connectivity index (χ4v) is 4.81. The number of halogens is 1. The predicted molar refractivity (Wildman–Crippen MR) is 116 cm³/mol. The first-order chi connectivity index (χ1) is 13.8. The summed E-state index contributed by atoms with van der Waals surface area (Å²) in [5.74, 6) is 0.651. The molecule has 29 heavy (non-hydrogen) atoms. The maximum absolute atomic E-state index is 10.9. The number of ether oxygens (including phenoxy) is 1. The van der Waals surface area contributed by atoms with Crippen LogP contribution in [0.3, 0.4) is 0 Å². The summed E-state index contributed by atoms with van der Waals surface area (Å²) in [6.45, 7) is 4.69. The van der Waals surface area contributed by atoms with Crippen molar-refractivity contribution < 1.29 is 14.6 Å². The number of carboxylic acids is 1. The van der Waals surface area contributed by atoms with E-state index in [-0.39, 0.29) is 16.0 Å². The molecule has 2 fully saturated rings. The molecular weight excluding hydrogens is 384 g/mol. The van der Waals surface area contributed by atoms with Crippen molar-refractivity contribution in [2.75, 3.05) is 0 Å². The molecule has 2 aliphatic carbocycles. The molecule has 150 valence electrons. The lowest BCUT2D eigenvalue weighted by Crippen LogP contribution is -2.36. The van der Waals surface area contributed by atoms with Crippen LogP contribution < -0.4 is 4.74 Å². The zero-order chi connectivity index (χ0) is 20.4. The Morgan fingerprint density at radius 3 is 2.41 bits per heavy atom. The molecule has 0 saturated heterocycles. The third kappa shape index (κ3) is 3.46. The van der Waals surface area contributed by atoms with Crippen LogP contribution >= 0.6 is 11.6 Å². The average Bonchev–Trinajstić information content (AvgIpc) is 3.59. The summed E-state index contributed by atoms with van der Waals surface area (Å²) in [4.78, 5) is 10.9. The van der Waals surface area contributed by atoms with Crippen LogP contribution in [-0.4, -0.2) is 16.7 Å². The lowest BCUT2D eigenvalue weighted by atomic mass is 9.74. The third-order valence-corrected chi connectivity index (χ3v) is 6.77. The van der Waals surface area contributed by atoms with E-state index in [0.29, 0.717) is 5.92 Å². The number of hydrogen-bond acceptors (Lipinski definition) is 2. The topological polar surface area (TPSA) is 46.5 Å². The molecule has 3 nitrogen and oxygen atoms in total. The quantitative estimate of drug-likeness (QED) is 0.588. The smallest absolute Gasteiger partial charge is 0.347 e. The van der Waals surface area contributed by atoms with E-state index in [4.69, 9.17) is 21.4 Å². The highest BCUT2D eigenvalue weighted by molar-refractivity contribution is 6.42. The summed E-state index contributed by atoms with van der Waals surface area (Å²) in [5, 5.41) is 8.77. The summed E-state index contributed by atoms with van der Waals surface area (Å²) in [6.07, 6.45) is 7.39. The normalized spacial score (nSPS) is 21.4. The molecule has 0 aromatic heterocycles. The number of carboxylic acid groups (broad SMARTS) is 1. The van der Waals surface area contributed by atoms with Crippen molar-refractivity contribution in [3.8, 4) is 16.9 Å². The number of aliphatic carboxylic acids is 1. The minimum Gasteiger partial charge on any atom is -0.487 e. The standard InChI is InChI=1S/C25H25ClO3/c1-24(2)14-25(9-10-25)29-22-19(17-7-8-17)12-18(13-20(22)24)16-5-3-15(4-6-16)11-21(26)23(27)28/h3-6,11-13,17H,7-10,14H2,1-2H3,(H,27,28)/b21-11-. The molecule has 2 saturated carbocycles. The molecule has 0 atom stereocenters. The first-order valence-electron chi connectivity index (χ1n) is 10.3. The SMILES string of the molecule is CC1(C)CC2(CC2)Oc2c(C3CC3)cc(-c3ccc(/C=C(\Cl)C(=O)O)cc3)cc21. The van der Waals surface area contributed by atoms with Crippen molar-refractivity contribution in [2.45, 2.75) is 62.9 Å². The van der Waals surface area contributed by atoms with Gasteiger partial charge in [-0.25, -0.2) is 4.79 Å². The highest BCUT2D eigenvalue weighted by Gasteiger charge is 2.54. The van der Waals surface area contributed by atoms with Gasteiger partial charge in [0.2, 0.25) is 0 Å². The van der Waals surface area contributed by atoms with Crippen molar-refractivity contribution >= 4 is 23.6 Å². The van der Waals surface area contributed by atoms with Gasteiger partial charge in [0.05, 0.1) is 0 Å². The Labute approximate surface area is 176 Å². The minimum atomic E-state index is -1.12. The molecule has 5 rings (SSSR count). The van der Waals surface area contributed by atoms with Crippen LogP contribution in [0.1, 0.15) is 68.6 Å². The van der Waals surface area contributed by atoms with Crippen LogP contribution in [0, 0.1) is 0 Å². The van der Waals surface area contributed by atoms with Gasteiger partial charge in [-0.3, -0.25) is 0 Å². The van der Waals surface area contributed by atoms with Crippen LogP contribution in [0.5, 0.6) is 5.75 Å². The van der Waals surface area contributed by atoms with E-state index >= 15 is 0 Å². The van der Waals surface area contributed by atoms with Crippen molar-refractivity contribution in [2.24, 2.45) is 0 Å². The van der Waals surface area contributed by atoms with Crippen LogP contribution in [-0.2, 0) is 10.2 Å². The van der Waals surface area contributed by atoms with E-state index < -0.39 is 5.97 Å². The molecule has 0 radical (unpaired) electrons. The lowest BCUT2D eigenvalue weighted by Gasteiger charge is -2.39. The molecule has 1 N–H and O–H groups in total. The zero-order valence-corrected chi connectivity index (χ0v) is 17.6. The average molecular weight is 409 g/mol. The molecule has 1 spiro atoms. The van der Waals surface area contributed by atoms with E-state index in [1.54, 1.807) is 0 Å². The molecule has 0 amide bonds. The molecular formula is C25H25ClO3. The second-order valence-corrected chi connectivity index (χ2v) is 9.89. The number of hydrogen-bond donors (Lipinski definition) is 1. The second-order valence-electron chi connectivity index (χ2n) is 9.48. The van der Waals surface area contributed by atoms with Crippen LogP contribution in [0.4, 0.5) is 0 Å². The zero-order valence-electron chi connectivity index (χ0n) is 16.8. The lowest BCUT2D eigenvalue weighted by molar-refractivity contribution is -0.131. The van der Waals surface area contributed by atoms with E-state index in [0.717, 1.165) is 23.3 Å². The Bertz CT molecular complexity index is 1020. The summed E-state index contributed by atoms with van der Waals surface area (Å²) >= 11 is 5.76. The maximum Gasteiger partial charge on any atom is 0.347 e. The van der Waals surface area contributed by atoms with Crippen LogP contribution in [0.15, 0.2) is 41.4 Å². The predicted octanol–water partition coefficient (Wildman–Crippen LogP) is 6.49. The molecule has 2 aromatic carbocycles. The van der Waals surface area contributed by atoms with E-state index in [1.807, 2.05) is 24.3 Å². The monoisotopic (exact) mass is 408 g/mol. The fourth-order valence-electron chi connectivity index (χ4n) is 4.68. The highest BCUT2D eigenvalue weighted by Crippen LogP contribution is 2.59. The van der Waals surface area contributed by atoms with E-state index in [9.17, 15) is 4.79 Å². The van der Waals surface area contributed by atoms with E-state index in [1.165, 1.54) is 48.4 Å². The van der Waals surface area contributed by atoms with Crippen molar-refractivity contribution in [3.05, 3.63) is 58.1 Å². The largest absolute Gasteiger partial charge is 0.487 e. The minimum absolute atomic E-state index is 0.0824. The molecule has 2 aromatic rings. The number of carbonyl (C=O) groups is 1. The molecule has 0 bridgehead atoms. The van der Waals surface area contributed by atoms with Gasteiger partial charge in [0.15, 0.2) is 0 Å². The van der Waals surface area contributed by atoms with Gasteiger partial charge >= 0.3 is 5.97 Å². The van der Waals surface area contributed by atoms with Gasteiger partial charge in [-0.05, 0) is 83.9 Å². The summed E-state index contributed by atoms with van der Waals surface area (Å²) in [7, 11) is 0. The van der Waals surface area contributed by atoms with Gasteiger partial charge in [-0.15, -0.1) is 0 Å². The van der Waals surface area contributed by atoms with Gasteiger partial charge in [0.1, 0.15) is 16.4 Å². The van der Waals surface area contributed by atoms with Gasteiger partial charge in [0.25, 0.3) is 0 Å². The van der Waals surface area contributed by atoms with E-state index in [2.05, 4.69) is 26.0 Å². The van der Waals surface area contributed by atoms with Gasteiger partial charge in [0, 0.05) is 5.56 Å². The molecule has 0 unspecified atom stereocenters. The fraction of sp³-hybridized carbons (Fsp3) is 0.400. The van der Waals surface area contributed by atoms with Gasteiger partial charge < -0.3 is 9.84 Å². The Morgan fingerprint density at radius 1 is 1.14 bits per heavy atom. The number of benzene rings is 2. The number of rotatable bonds is 4. The highest BCUT2D eigenvalue weighted by atomic mass is 35.5. The van der Waals surface area contributed by atoms with Crippen molar-refractivity contribution in [1.82, 2.24) is 0 Å². The summed E-state index contributed by atoms with van der Waals surface area (Å²) in [5.41, 5.74) is 5.98. The van der Waals surface area contributed by atoms with Crippen molar-refractivity contribution in [3.63, 3.8) is 0 Å². The Hall–Kier alpha value is -2.26. The maximum atomic E-state index is 10.9. The molecule has 1 heterocycles. The molecule has 3 aliphatic rings. The van der Waals surface area contributed by atoms with Gasteiger partial charge in [-0.1, -0.05) is 49.7 Å². The first-order valence-corrected chi connectivity index (χ1v) is 10.7. The Balaban J connectivity index is 1.56. The summed E-state index contributed by atoms with van der Waals surface area (Å²) < 4.78 is 6.60. The molecule has 4 heteroatoms. The number of fused-ring (bicyclic) bond motifs is 1. The van der Waals surface area contributed by atoms with Crippen LogP contribution in [0.25, 0.3) is 17.2 Å².